The fourth-order valence-corrected chi connectivity index (χ4v) is 1.90. The molecule has 0 atom stereocenters. The fraction of sp³-hybridized carbons (Fsp3) is 0. The number of rotatable bonds is 1. The Hall–Kier alpha value is -1.88. The maximum atomic E-state index is 12.1. The lowest BCUT2D eigenvalue weighted by atomic mass is 10.3. The summed E-state index contributed by atoms with van der Waals surface area (Å²) < 4.78 is 7.41. The van der Waals surface area contributed by atoms with Gasteiger partial charge in [-0.15, -0.1) is 0 Å². The Bertz CT molecular complexity index is 728. The highest BCUT2D eigenvalue weighted by molar-refractivity contribution is 9.10. The third-order valence-electron chi connectivity index (χ3n) is 2.50. The highest BCUT2D eigenvalue weighted by atomic mass is 79.9. The number of nitrogens with zero attached hydrogens (tertiary/aromatic N) is 2. The zero-order valence-electron chi connectivity index (χ0n) is 8.63. The van der Waals surface area contributed by atoms with Crippen LogP contribution in [0.3, 0.4) is 0 Å². The average molecular weight is 291 g/mol. The Morgan fingerprint density at radius 2 is 2.12 bits per heavy atom. The standard InChI is InChI=1S/C12H7BrN2O2/c13-10-2-1-9(7-14-10)15-5-3-8-4-6-17-11(8)12(15)16/h1-7H. The minimum atomic E-state index is -0.184. The Balaban J connectivity index is 2.27. The molecule has 0 saturated carbocycles. The van der Waals surface area contributed by atoms with Crippen molar-refractivity contribution < 1.29 is 4.42 Å². The first kappa shape index (κ1) is 10.3. The largest absolute Gasteiger partial charge is 0.459 e. The van der Waals surface area contributed by atoms with Crippen molar-refractivity contribution in [3.05, 3.63) is 57.9 Å². The second-order valence-electron chi connectivity index (χ2n) is 3.54. The van der Waals surface area contributed by atoms with Gasteiger partial charge in [-0.1, -0.05) is 0 Å². The summed E-state index contributed by atoms with van der Waals surface area (Å²) in [6, 6.07) is 7.20. The molecular formula is C12H7BrN2O2. The summed E-state index contributed by atoms with van der Waals surface area (Å²) in [5.41, 5.74) is 0.878. The molecule has 0 aliphatic carbocycles. The van der Waals surface area contributed by atoms with E-state index in [0.717, 1.165) is 9.99 Å². The van der Waals surface area contributed by atoms with Gasteiger partial charge >= 0.3 is 0 Å². The van der Waals surface area contributed by atoms with Crippen LogP contribution in [-0.4, -0.2) is 9.55 Å². The summed E-state index contributed by atoms with van der Waals surface area (Å²) in [6.45, 7) is 0. The smallest absolute Gasteiger partial charge is 0.298 e. The molecular weight excluding hydrogens is 284 g/mol. The second-order valence-corrected chi connectivity index (χ2v) is 4.35. The fourth-order valence-electron chi connectivity index (χ4n) is 1.67. The van der Waals surface area contributed by atoms with Crippen molar-refractivity contribution in [1.29, 1.82) is 0 Å². The van der Waals surface area contributed by atoms with E-state index in [1.54, 1.807) is 24.5 Å². The van der Waals surface area contributed by atoms with Crippen LogP contribution in [0.2, 0.25) is 0 Å². The molecule has 0 aromatic carbocycles. The van der Waals surface area contributed by atoms with E-state index in [2.05, 4.69) is 20.9 Å². The quantitative estimate of drug-likeness (QED) is 0.648. The molecule has 3 heterocycles. The van der Waals surface area contributed by atoms with Crippen LogP contribution in [-0.2, 0) is 0 Å². The van der Waals surface area contributed by atoms with Gasteiger partial charge in [0.1, 0.15) is 4.60 Å². The molecule has 0 aliphatic rings. The van der Waals surface area contributed by atoms with Gasteiger partial charge in [0.2, 0.25) is 0 Å². The lowest BCUT2D eigenvalue weighted by molar-refractivity contribution is 0.608. The first-order chi connectivity index (χ1) is 8.25. The number of pyridine rings is 2. The summed E-state index contributed by atoms with van der Waals surface area (Å²) in [5, 5.41) is 0.802. The summed E-state index contributed by atoms with van der Waals surface area (Å²) >= 11 is 3.25. The molecule has 0 bridgehead atoms. The Morgan fingerprint density at radius 3 is 2.88 bits per heavy atom. The molecule has 0 unspecified atom stereocenters. The van der Waals surface area contributed by atoms with E-state index in [0.29, 0.717) is 11.3 Å². The van der Waals surface area contributed by atoms with Gasteiger partial charge in [0.05, 0.1) is 18.1 Å². The number of hydrogen-bond acceptors (Lipinski definition) is 3. The van der Waals surface area contributed by atoms with Gasteiger partial charge in [0, 0.05) is 11.6 Å². The van der Waals surface area contributed by atoms with Gasteiger partial charge in [-0.2, -0.15) is 0 Å². The van der Waals surface area contributed by atoms with Crippen LogP contribution in [0.15, 0.2) is 56.7 Å². The van der Waals surface area contributed by atoms with Crippen LogP contribution in [0.4, 0.5) is 0 Å². The second kappa shape index (κ2) is 3.85. The summed E-state index contributed by atoms with van der Waals surface area (Å²) in [6.07, 6.45) is 4.85. The maximum absolute atomic E-state index is 12.1. The number of halogens is 1. The number of aromatic nitrogens is 2. The first-order valence-electron chi connectivity index (χ1n) is 4.96. The van der Waals surface area contributed by atoms with Crippen LogP contribution in [0.5, 0.6) is 0 Å². The lowest BCUT2D eigenvalue weighted by Crippen LogP contribution is -2.16. The Kier molecular flexibility index (Phi) is 2.33. The lowest BCUT2D eigenvalue weighted by Gasteiger charge is -2.04. The zero-order chi connectivity index (χ0) is 11.8. The van der Waals surface area contributed by atoms with E-state index >= 15 is 0 Å². The topological polar surface area (TPSA) is 48.0 Å². The van der Waals surface area contributed by atoms with Crippen molar-refractivity contribution >= 4 is 26.9 Å². The van der Waals surface area contributed by atoms with Gasteiger partial charge in [0.25, 0.3) is 5.56 Å². The molecule has 3 aromatic heterocycles. The molecule has 0 N–H and O–H groups in total. The van der Waals surface area contributed by atoms with Crippen molar-refractivity contribution in [2.45, 2.75) is 0 Å². The summed E-state index contributed by atoms with van der Waals surface area (Å²) in [5.74, 6) is 0. The zero-order valence-corrected chi connectivity index (χ0v) is 10.2. The molecule has 0 fully saturated rings. The molecule has 0 aliphatic heterocycles. The molecule has 84 valence electrons. The van der Waals surface area contributed by atoms with E-state index in [1.807, 2.05) is 12.1 Å². The molecule has 5 heteroatoms. The molecule has 0 radical (unpaired) electrons. The monoisotopic (exact) mass is 290 g/mol. The van der Waals surface area contributed by atoms with E-state index < -0.39 is 0 Å². The Morgan fingerprint density at radius 1 is 1.24 bits per heavy atom. The third-order valence-corrected chi connectivity index (χ3v) is 2.97. The van der Waals surface area contributed by atoms with Crippen molar-refractivity contribution in [3.63, 3.8) is 0 Å². The highest BCUT2D eigenvalue weighted by Gasteiger charge is 2.06. The van der Waals surface area contributed by atoms with Crippen molar-refractivity contribution in [2.24, 2.45) is 0 Å². The number of hydrogen-bond donors (Lipinski definition) is 0. The van der Waals surface area contributed by atoms with Gasteiger partial charge in [-0.05, 0) is 40.2 Å². The first-order valence-corrected chi connectivity index (χ1v) is 5.76. The van der Waals surface area contributed by atoms with E-state index in [4.69, 9.17) is 4.42 Å². The van der Waals surface area contributed by atoms with Gasteiger partial charge < -0.3 is 4.42 Å². The van der Waals surface area contributed by atoms with Gasteiger partial charge in [0.15, 0.2) is 5.58 Å². The predicted molar refractivity (Wildman–Crippen MR) is 67.3 cm³/mol. The van der Waals surface area contributed by atoms with E-state index in [1.165, 1.54) is 10.8 Å². The van der Waals surface area contributed by atoms with Crippen molar-refractivity contribution in [1.82, 2.24) is 9.55 Å². The molecule has 17 heavy (non-hydrogen) atoms. The number of furan rings is 1. The van der Waals surface area contributed by atoms with Crippen LogP contribution in [0.1, 0.15) is 0 Å². The molecule has 4 nitrogen and oxygen atoms in total. The third kappa shape index (κ3) is 1.68. The summed E-state index contributed by atoms with van der Waals surface area (Å²) in [4.78, 5) is 16.2. The Labute approximate surface area is 105 Å². The molecule has 3 rings (SSSR count). The van der Waals surface area contributed by atoms with E-state index in [9.17, 15) is 4.79 Å². The van der Waals surface area contributed by atoms with Crippen molar-refractivity contribution in [3.8, 4) is 5.69 Å². The van der Waals surface area contributed by atoms with E-state index in [-0.39, 0.29) is 5.56 Å². The number of fused-ring (bicyclic) bond motifs is 1. The van der Waals surface area contributed by atoms with Gasteiger partial charge in [-0.25, -0.2) is 4.98 Å². The minimum absolute atomic E-state index is 0.184. The molecule has 0 saturated heterocycles. The minimum Gasteiger partial charge on any atom is -0.459 e. The average Bonchev–Trinajstić information content (AvgIpc) is 2.80. The predicted octanol–water partition coefficient (Wildman–Crippen LogP) is 2.74. The van der Waals surface area contributed by atoms with Gasteiger partial charge in [-0.3, -0.25) is 9.36 Å². The van der Waals surface area contributed by atoms with Crippen LogP contribution < -0.4 is 5.56 Å². The highest BCUT2D eigenvalue weighted by Crippen LogP contribution is 2.13. The van der Waals surface area contributed by atoms with Crippen LogP contribution in [0, 0.1) is 0 Å². The van der Waals surface area contributed by atoms with Crippen LogP contribution >= 0.6 is 15.9 Å². The molecule has 3 aromatic rings. The normalized spacial score (nSPS) is 10.9. The molecule has 0 amide bonds. The van der Waals surface area contributed by atoms with Crippen molar-refractivity contribution in [2.75, 3.05) is 0 Å². The SMILES string of the molecule is O=c1c2occc2ccn1-c1ccc(Br)nc1. The van der Waals surface area contributed by atoms with Crippen LogP contribution in [0.25, 0.3) is 16.7 Å². The summed E-state index contributed by atoms with van der Waals surface area (Å²) in [7, 11) is 0. The molecule has 0 spiro atoms. The maximum Gasteiger partial charge on any atom is 0.298 e.